The lowest BCUT2D eigenvalue weighted by molar-refractivity contribution is -0.138. The lowest BCUT2D eigenvalue weighted by Gasteiger charge is -2.46. The third kappa shape index (κ3) is 2.85. The molecule has 4 nitrogen and oxygen atoms in total. The maximum absolute atomic E-state index is 11.6. The second kappa shape index (κ2) is 5.96. The minimum Gasteiger partial charge on any atom is -0.483 e. The normalized spacial score (nSPS) is 17.8. The number of anilines is 1. The quantitative estimate of drug-likeness (QED) is 0.900. The maximum atomic E-state index is 11.6. The third-order valence-electron chi connectivity index (χ3n) is 4.55. The topological polar surface area (TPSA) is 49.8 Å². The minimum absolute atomic E-state index is 0.302. The Morgan fingerprint density at radius 3 is 2.57 bits per heavy atom. The molecule has 1 aromatic carbocycles. The summed E-state index contributed by atoms with van der Waals surface area (Å²) in [5.74, 6) is 0.0386. The van der Waals surface area contributed by atoms with Gasteiger partial charge in [0.25, 0.3) is 0 Å². The third-order valence-corrected chi connectivity index (χ3v) is 4.55. The number of aliphatic carboxylic acids is 1. The van der Waals surface area contributed by atoms with Gasteiger partial charge in [-0.25, -0.2) is 4.79 Å². The van der Waals surface area contributed by atoms with Crippen LogP contribution in [0.25, 0.3) is 0 Å². The van der Waals surface area contributed by atoms with E-state index in [1.165, 1.54) is 0 Å². The average Bonchev–Trinajstić information content (AvgIpc) is 2.46. The van der Waals surface area contributed by atoms with Crippen LogP contribution in [0.3, 0.4) is 0 Å². The fraction of sp³-hybridized carbons (Fsp3) is 0.588. The summed E-state index contributed by atoms with van der Waals surface area (Å²) >= 11 is 0. The predicted octanol–water partition coefficient (Wildman–Crippen LogP) is 3.62. The minimum atomic E-state index is -0.771. The number of ether oxygens (including phenoxy) is 1. The Labute approximate surface area is 126 Å². The zero-order chi connectivity index (χ0) is 15.6. The summed E-state index contributed by atoms with van der Waals surface area (Å²) in [5.41, 5.74) is 1.72. The van der Waals surface area contributed by atoms with Gasteiger partial charge in [0.1, 0.15) is 17.4 Å². The summed E-state index contributed by atoms with van der Waals surface area (Å²) in [7, 11) is 0. The number of carboxylic acids is 1. The molecular weight excluding hydrogens is 266 g/mol. The van der Waals surface area contributed by atoms with Gasteiger partial charge in [0, 0.05) is 0 Å². The Bertz CT molecular complexity index is 523. The fourth-order valence-electron chi connectivity index (χ4n) is 3.03. The van der Waals surface area contributed by atoms with Gasteiger partial charge in [-0.1, -0.05) is 26.8 Å². The molecule has 0 fully saturated rings. The molecule has 4 heteroatoms. The molecular formula is C17H25NO3. The molecule has 1 aliphatic heterocycles. The summed E-state index contributed by atoms with van der Waals surface area (Å²) in [6.07, 6.45) is 2.30. The average molecular weight is 291 g/mol. The molecule has 21 heavy (non-hydrogen) atoms. The largest absolute Gasteiger partial charge is 0.483 e. The number of carboxylic acid groups (broad SMARTS) is 1. The van der Waals surface area contributed by atoms with Crippen LogP contribution in [0.4, 0.5) is 5.69 Å². The van der Waals surface area contributed by atoms with Crippen LogP contribution in [0, 0.1) is 6.92 Å². The second-order valence-corrected chi connectivity index (χ2v) is 5.85. The summed E-state index contributed by atoms with van der Waals surface area (Å²) in [5, 5.41) is 9.54. The first-order valence-electron chi connectivity index (χ1n) is 7.75. The number of rotatable bonds is 5. The van der Waals surface area contributed by atoms with Gasteiger partial charge in [-0.15, -0.1) is 0 Å². The van der Waals surface area contributed by atoms with Crippen LogP contribution in [0.5, 0.6) is 5.75 Å². The van der Waals surface area contributed by atoms with Crippen LogP contribution in [0.2, 0.25) is 0 Å². The summed E-state index contributed by atoms with van der Waals surface area (Å²) in [4.78, 5) is 13.6. The van der Waals surface area contributed by atoms with E-state index in [1.54, 1.807) is 0 Å². The highest BCUT2D eigenvalue weighted by Crippen LogP contribution is 2.41. The lowest BCUT2D eigenvalue weighted by Crippen LogP contribution is -2.55. The van der Waals surface area contributed by atoms with Gasteiger partial charge in [0.05, 0.1) is 12.2 Å². The number of carbonyl (C=O) groups is 1. The van der Waals surface area contributed by atoms with Crippen molar-refractivity contribution in [2.24, 2.45) is 0 Å². The highest BCUT2D eigenvalue weighted by Gasteiger charge is 2.40. The fourth-order valence-corrected chi connectivity index (χ4v) is 3.03. The van der Waals surface area contributed by atoms with Gasteiger partial charge in [0.2, 0.25) is 0 Å². The Kier molecular flexibility index (Phi) is 4.45. The Balaban J connectivity index is 2.51. The number of aryl methyl sites for hydroxylation is 1. The van der Waals surface area contributed by atoms with Gasteiger partial charge in [-0.3, -0.25) is 0 Å². The van der Waals surface area contributed by atoms with E-state index in [0.717, 1.165) is 29.8 Å². The monoisotopic (exact) mass is 291 g/mol. The molecule has 0 radical (unpaired) electrons. The summed E-state index contributed by atoms with van der Waals surface area (Å²) in [6, 6.07) is 5.49. The highest BCUT2D eigenvalue weighted by molar-refractivity contribution is 5.80. The molecule has 0 saturated heterocycles. The molecule has 1 heterocycles. The van der Waals surface area contributed by atoms with Crippen LogP contribution in [0.1, 0.15) is 45.6 Å². The molecule has 1 atom stereocenters. The van der Waals surface area contributed by atoms with Crippen LogP contribution in [-0.2, 0) is 4.79 Å². The molecule has 116 valence electrons. The van der Waals surface area contributed by atoms with Gasteiger partial charge in [-0.05, 0) is 43.9 Å². The standard InChI is InChI=1S/C17H25NO3/c1-5-13(16(19)20)18-11-17(6-2,7-3)21-15-10-12(4)8-9-14(15)18/h8-10,13H,5-7,11H2,1-4H3,(H,19,20). The second-order valence-electron chi connectivity index (χ2n) is 5.85. The first kappa shape index (κ1) is 15.7. The van der Waals surface area contributed by atoms with E-state index in [1.807, 2.05) is 36.9 Å². The van der Waals surface area contributed by atoms with Crippen LogP contribution >= 0.6 is 0 Å². The van der Waals surface area contributed by atoms with Crippen molar-refractivity contribution < 1.29 is 14.6 Å². The van der Waals surface area contributed by atoms with Crippen molar-refractivity contribution in [3.05, 3.63) is 23.8 Å². The molecule has 1 unspecified atom stereocenters. The molecule has 0 amide bonds. The smallest absolute Gasteiger partial charge is 0.326 e. The van der Waals surface area contributed by atoms with Gasteiger partial charge in [0.15, 0.2) is 0 Å². The van der Waals surface area contributed by atoms with Crippen LogP contribution in [0.15, 0.2) is 18.2 Å². The first-order valence-corrected chi connectivity index (χ1v) is 7.75. The van der Waals surface area contributed by atoms with E-state index in [4.69, 9.17) is 4.74 Å². The zero-order valence-electron chi connectivity index (χ0n) is 13.3. The SMILES string of the molecule is CCC(C(=O)O)N1CC(CC)(CC)Oc2cc(C)ccc21. The van der Waals surface area contributed by atoms with E-state index in [0.29, 0.717) is 13.0 Å². The number of fused-ring (bicyclic) bond motifs is 1. The van der Waals surface area contributed by atoms with Crippen molar-refractivity contribution in [2.75, 3.05) is 11.4 Å². The molecule has 0 spiro atoms. The van der Waals surface area contributed by atoms with Crippen LogP contribution < -0.4 is 9.64 Å². The number of hydrogen-bond acceptors (Lipinski definition) is 3. The lowest BCUT2D eigenvalue weighted by atomic mass is 9.92. The molecule has 1 aromatic rings. The van der Waals surface area contributed by atoms with Crippen LogP contribution in [-0.4, -0.2) is 29.3 Å². The van der Waals surface area contributed by atoms with E-state index < -0.39 is 12.0 Å². The molecule has 0 aromatic heterocycles. The van der Waals surface area contributed by atoms with Gasteiger partial charge >= 0.3 is 5.97 Å². The molecule has 1 N–H and O–H groups in total. The summed E-state index contributed by atoms with van der Waals surface area (Å²) in [6.45, 7) is 8.77. The van der Waals surface area contributed by atoms with Crippen molar-refractivity contribution in [1.82, 2.24) is 0 Å². The van der Waals surface area contributed by atoms with Gasteiger partial charge < -0.3 is 14.7 Å². The van der Waals surface area contributed by atoms with Crippen molar-refractivity contribution in [1.29, 1.82) is 0 Å². The molecule has 0 aliphatic carbocycles. The van der Waals surface area contributed by atoms with E-state index in [-0.39, 0.29) is 5.60 Å². The molecule has 2 rings (SSSR count). The van der Waals surface area contributed by atoms with E-state index >= 15 is 0 Å². The molecule has 0 bridgehead atoms. The van der Waals surface area contributed by atoms with Crippen molar-refractivity contribution in [3.8, 4) is 5.75 Å². The van der Waals surface area contributed by atoms with Crippen molar-refractivity contribution in [3.63, 3.8) is 0 Å². The number of nitrogens with zero attached hydrogens (tertiary/aromatic N) is 1. The van der Waals surface area contributed by atoms with Gasteiger partial charge in [-0.2, -0.15) is 0 Å². The first-order chi connectivity index (χ1) is 9.96. The Hall–Kier alpha value is -1.71. The predicted molar refractivity (Wildman–Crippen MR) is 84.2 cm³/mol. The number of hydrogen-bond donors (Lipinski definition) is 1. The van der Waals surface area contributed by atoms with Crippen molar-refractivity contribution >= 4 is 11.7 Å². The van der Waals surface area contributed by atoms with Crippen molar-refractivity contribution in [2.45, 2.75) is 58.6 Å². The Morgan fingerprint density at radius 2 is 2.05 bits per heavy atom. The Morgan fingerprint density at radius 1 is 1.38 bits per heavy atom. The highest BCUT2D eigenvalue weighted by atomic mass is 16.5. The maximum Gasteiger partial charge on any atom is 0.326 e. The zero-order valence-corrected chi connectivity index (χ0v) is 13.3. The molecule has 0 saturated carbocycles. The summed E-state index contributed by atoms with van der Waals surface area (Å²) < 4.78 is 6.27. The van der Waals surface area contributed by atoms with E-state index in [2.05, 4.69) is 13.8 Å². The number of benzene rings is 1. The molecule has 1 aliphatic rings. The van der Waals surface area contributed by atoms with E-state index in [9.17, 15) is 9.90 Å².